The van der Waals surface area contributed by atoms with Crippen LogP contribution >= 0.6 is 0 Å². The summed E-state index contributed by atoms with van der Waals surface area (Å²) in [4.78, 5) is 47.6. The Bertz CT molecular complexity index is 1070. The van der Waals surface area contributed by atoms with E-state index in [2.05, 4.69) is 30.2 Å². The molecular formula is C42H74N8O4. The predicted molar refractivity (Wildman–Crippen MR) is 216 cm³/mol. The average Bonchev–Trinajstić information content (AvgIpc) is 3.23. The third kappa shape index (κ3) is 12.5. The maximum Gasteiger partial charge on any atom is 0.324 e. The van der Waals surface area contributed by atoms with Gasteiger partial charge in [0.1, 0.15) is 0 Å². The van der Waals surface area contributed by atoms with E-state index in [9.17, 15) is 9.59 Å². The van der Waals surface area contributed by atoms with E-state index in [1.54, 1.807) is 0 Å². The highest BCUT2D eigenvalue weighted by atomic mass is 16.5. The molecule has 0 aromatic carbocycles. The van der Waals surface area contributed by atoms with Gasteiger partial charge in [-0.3, -0.25) is 9.80 Å². The summed E-state index contributed by atoms with van der Waals surface area (Å²) in [5.41, 5.74) is 0. The van der Waals surface area contributed by atoms with E-state index < -0.39 is 0 Å². The van der Waals surface area contributed by atoms with Gasteiger partial charge < -0.3 is 29.9 Å². The molecule has 0 aromatic rings. The quantitative estimate of drug-likeness (QED) is 0.130. The van der Waals surface area contributed by atoms with Gasteiger partial charge in [-0.15, -0.1) is 0 Å². The van der Waals surface area contributed by atoms with Crippen LogP contribution in [0.4, 0.5) is 9.59 Å². The summed E-state index contributed by atoms with van der Waals surface area (Å²) in [5, 5.41) is 6.64. The number of amides is 4. The summed E-state index contributed by atoms with van der Waals surface area (Å²) >= 11 is 0. The molecule has 306 valence electrons. The van der Waals surface area contributed by atoms with Gasteiger partial charge in [0.05, 0.1) is 38.5 Å². The number of unbranched alkanes of at least 4 members (excludes halogenated alkanes) is 3. The number of nitrogens with one attached hydrogen (secondary N) is 2. The fraction of sp³-hybridized carbons (Fsp3) is 0.905. The molecule has 4 amide bonds. The smallest absolute Gasteiger partial charge is 0.324 e. The fourth-order valence-electron chi connectivity index (χ4n) is 9.55. The van der Waals surface area contributed by atoms with Crippen molar-refractivity contribution in [3.8, 4) is 0 Å². The molecule has 0 atom stereocenters. The second kappa shape index (κ2) is 22.8. The molecule has 2 N–H and O–H groups in total. The van der Waals surface area contributed by atoms with Gasteiger partial charge in [-0.2, -0.15) is 0 Å². The Labute approximate surface area is 326 Å². The third-order valence-corrected chi connectivity index (χ3v) is 12.7. The van der Waals surface area contributed by atoms with Crippen molar-refractivity contribution in [1.29, 1.82) is 0 Å². The molecule has 0 unspecified atom stereocenters. The zero-order valence-corrected chi connectivity index (χ0v) is 33.7. The topological polar surface area (TPSA) is 114 Å². The van der Waals surface area contributed by atoms with Gasteiger partial charge in [0, 0.05) is 51.4 Å². The highest BCUT2D eigenvalue weighted by molar-refractivity contribution is 5.97. The second-order valence-electron chi connectivity index (χ2n) is 16.8. The first-order valence-corrected chi connectivity index (χ1v) is 22.6. The summed E-state index contributed by atoms with van der Waals surface area (Å²) in [7, 11) is 0. The van der Waals surface area contributed by atoms with Crippen LogP contribution in [0.25, 0.3) is 0 Å². The molecule has 6 aliphatic rings. The number of morpholine rings is 2. The van der Waals surface area contributed by atoms with Gasteiger partial charge in [-0.1, -0.05) is 89.9 Å². The van der Waals surface area contributed by atoms with Crippen molar-refractivity contribution in [3.63, 3.8) is 0 Å². The van der Waals surface area contributed by atoms with Crippen LogP contribution in [0.3, 0.4) is 0 Å². The van der Waals surface area contributed by atoms with Crippen LogP contribution in [-0.4, -0.2) is 133 Å². The number of aliphatic imine (C=N–C) groups is 2. The Balaban J connectivity index is 0.999. The molecule has 0 spiro atoms. The first-order chi connectivity index (χ1) is 26.7. The highest BCUT2D eigenvalue weighted by Crippen LogP contribution is 2.28. The summed E-state index contributed by atoms with van der Waals surface area (Å²) in [6.45, 7) is 7.22. The number of urea groups is 2. The molecule has 4 aliphatic carbocycles. The molecule has 12 nitrogen and oxygen atoms in total. The minimum Gasteiger partial charge on any atom is -0.378 e. The molecule has 6 rings (SSSR count). The number of nitrogens with zero attached hydrogens (tertiary/aromatic N) is 6. The van der Waals surface area contributed by atoms with Crippen molar-refractivity contribution in [2.45, 2.75) is 178 Å². The van der Waals surface area contributed by atoms with Crippen molar-refractivity contribution in [1.82, 2.24) is 30.2 Å². The van der Waals surface area contributed by atoms with E-state index in [4.69, 9.17) is 19.5 Å². The maximum atomic E-state index is 14.1. The van der Waals surface area contributed by atoms with Crippen LogP contribution in [0.15, 0.2) is 9.98 Å². The Morgan fingerprint density at radius 3 is 1.17 bits per heavy atom. The van der Waals surface area contributed by atoms with Gasteiger partial charge >= 0.3 is 12.1 Å². The summed E-state index contributed by atoms with van der Waals surface area (Å²) in [5.74, 6) is 1.79. The molecular weight excluding hydrogens is 681 g/mol. The number of ether oxygens (including phenoxy) is 2. The molecule has 54 heavy (non-hydrogen) atoms. The van der Waals surface area contributed by atoms with E-state index in [-0.39, 0.29) is 24.1 Å². The third-order valence-electron chi connectivity index (χ3n) is 12.7. The molecule has 6 fully saturated rings. The lowest BCUT2D eigenvalue weighted by molar-refractivity contribution is 0.0605. The van der Waals surface area contributed by atoms with Crippen molar-refractivity contribution < 1.29 is 19.1 Å². The van der Waals surface area contributed by atoms with E-state index in [1.165, 1.54) is 77.0 Å². The first kappa shape index (κ1) is 41.0. The number of hydrogen-bond donors (Lipinski definition) is 2. The van der Waals surface area contributed by atoms with Gasteiger partial charge in [0.15, 0.2) is 0 Å². The number of carbonyl (C=O) groups excluding carboxylic acids is 2. The Kier molecular flexibility index (Phi) is 17.4. The maximum absolute atomic E-state index is 14.1. The van der Waals surface area contributed by atoms with Gasteiger partial charge in [0.25, 0.3) is 0 Å². The van der Waals surface area contributed by atoms with E-state index in [1.807, 2.05) is 0 Å². The minimum atomic E-state index is 0.0176. The van der Waals surface area contributed by atoms with Crippen LogP contribution < -0.4 is 10.6 Å². The average molecular weight is 755 g/mol. The summed E-state index contributed by atoms with van der Waals surface area (Å²) in [6.07, 6.45) is 27.2. The number of hydrogen-bond acceptors (Lipinski definition) is 6. The van der Waals surface area contributed by atoms with E-state index in [0.717, 1.165) is 115 Å². The van der Waals surface area contributed by atoms with Gasteiger partial charge in [-0.05, 0) is 64.2 Å². The van der Waals surface area contributed by atoms with Crippen LogP contribution in [-0.2, 0) is 9.47 Å². The summed E-state index contributed by atoms with van der Waals surface area (Å²) < 4.78 is 11.4. The minimum absolute atomic E-state index is 0.0176. The van der Waals surface area contributed by atoms with Crippen molar-refractivity contribution in [3.05, 3.63) is 0 Å². The van der Waals surface area contributed by atoms with Crippen molar-refractivity contribution >= 4 is 24.0 Å². The van der Waals surface area contributed by atoms with Crippen molar-refractivity contribution in [2.24, 2.45) is 9.98 Å². The zero-order valence-electron chi connectivity index (χ0n) is 33.7. The molecule has 0 aromatic heterocycles. The molecule has 0 radical (unpaired) electrons. The molecule has 2 saturated heterocycles. The van der Waals surface area contributed by atoms with Crippen LogP contribution in [0, 0.1) is 0 Å². The van der Waals surface area contributed by atoms with Crippen LogP contribution in [0.5, 0.6) is 0 Å². The number of guanidine groups is 2. The Morgan fingerprint density at radius 2 is 0.815 bits per heavy atom. The molecule has 2 aliphatic heterocycles. The lowest BCUT2D eigenvalue weighted by Gasteiger charge is -2.41. The lowest BCUT2D eigenvalue weighted by Crippen LogP contribution is -2.58. The standard InChI is InChI=1S/C42H74N8O4/c51-41(49(37-21-11-5-12-22-37)39(47-27-31-53-32-28-47)45-35-17-7-3-8-18-35)43-25-15-1-2-16-26-44-42(52)50(38-23-13-6-14-24-38)40(48-29-33-54-34-30-48)46-36-19-9-4-10-20-36/h35-38H,1-34H2,(H,43,51)(H,44,52). The lowest BCUT2D eigenvalue weighted by atomic mass is 9.94. The van der Waals surface area contributed by atoms with E-state index in [0.29, 0.717) is 51.6 Å². The first-order valence-electron chi connectivity index (χ1n) is 22.6. The second-order valence-corrected chi connectivity index (χ2v) is 16.8. The zero-order chi connectivity index (χ0) is 37.2. The molecule has 0 bridgehead atoms. The Hall–Kier alpha value is -2.60. The van der Waals surface area contributed by atoms with Crippen LogP contribution in [0.2, 0.25) is 0 Å². The highest BCUT2D eigenvalue weighted by Gasteiger charge is 2.35. The largest absolute Gasteiger partial charge is 0.378 e. The number of rotatable bonds is 11. The Morgan fingerprint density at radius 1 is 0.481 bits per heavy atom. The molecule has 2 heterocycles. The molecule has 12 heteroatoms. The van der Waals surface area contributed by atoms with Gasteiger partial charge in [-0.25, -0.2) is 19.6 Å². The fourth-order valence-corrected chi connectivity index (χ4v) is 9.55. The van der Waals surface area contributed by atoms with Gasteiger partial charge in [0.2, 0.25) is 11.9 Å². The van der Waals surface area contributed by atoms with Crippen LogP contribution in [0.1, 0.15) is 154 Å². The predicted octanol–water partition coefficient (Wildman–Crippen LogP) is 7.28. The normalized spacial score (nSPS) is 23.6. The SMILES string of the molecule is O=C(NCCCCCCNC(=O)N(C(=NC1CCCCC1)N1CCOCC1)C1CCCCC1)N(C(=NC1CCCCC1)N1CCOCC1)C1CCCCC1. The number of carbonyl (C=O) groups is 2. The monoisotopic (exact) mass is 755 g/mol. The molecule has 4 saturated carbocycles. The summed E-state index contributed by atoms with van der Waals surface area (Å²) in [6, 6.07) is 1.06. The van der Waals surface area contributed by atoms with E-state index >= 15 is 0 Å². The van der Waals surface area contributed by atoms with Crippen molar-refractivity contribution in [2.75, 3.05) is 65.7 Å².